The molecule has 0 bridgehead atoms. The van der Waals surface area contributed by atoms with Gasteiger partial charge in [0.15, 0.2) is 9.84 Å². The second kappa shape index (κ2) is 4.63. The number of benzene rings is 1. The summed E-state index contributed by atoms with van der Waals surface area (Å²) in [6, 6.07) is 2.90. The summed E-state index contributed by atoms with van der Waals surface area (Å²) in [5.74, 6) is 0. The number of fused-ring (bicyclic) bond motifs is 1. The van der Waals surface area contributed by atoms with Gasteiger partial charge in [0.1, 0.15) is 0 Å². The van der Waals surface area contributed by atoms with E-state index >= 15 is 0 Å². The molecule has 2 aliphatic rings. The molecule has 116 valence electrons. The topological polar surface area (TPSA) is 46.2 Å². The second-order valence-electron chi connectivity index (χ2n) is 5.81. The highest BCUT2D eigenvalue weighted by molar-refractivity contribution is 7.93. The Morgan fingerprint density at radius 3 is 2.38 bits per heavy atom. The van der Waals surface area contributed by atoms with Crippen LogP contribution in [0.1, 0.15) is 37.7 Å². The normalized spacial score (nSPS) is 23.4. The molecular weight excluding hydrogens is 303 g/mol. The van der Waals surface area contributed by atoms with Gasteiger partial charge in [0, 0.05) is 6.54 Å². The fraction of sp³-hybridized carbons (Fsp3) is 0.571. The first-order valence-electron chi connectivity index (χ1n) is 6.96. The molecule has 0 amide bonds. The van der Waals surface area contributed by atoms with Crippen molar-refractivity contribution in [2.24, 2.45) is 0 Å². The van der Waals surface area contributed by atoms with Gasteiger partial charge < -0.3 is 5.32 Å². The van der Waals surface area contributed by atoms with Crippen molar-refractivity contribution in [3.8, 4) is 0 Å². The Kier molecular flexibility index (Phi) is 3.24. The van der Waals surface area contributed by atoms with Crippen molar-refractivity contribution in [1.29, 1.82) is 0 Å². The minimum atomic E-state index is -4.54. The van der Waals surface area contributed by atoms with E-state index in [1.165, 1.54) is 6.07 Å². The van der Waals surface area contributed by atoms with Crippen LogP contribution in [0.15, 0.2) is 23.1 Å². The fourth-order valence-electron chi connectivity index (χ4n) is 3.29. The molecule has 1 spiro atoms. The Balaban J connectivity index is 2.13. The molecule has 0 unspecified atom stereocenters. The van der Waals surface area contributed by atoms with Crippen LogP contribution < -0.4 is 5.32 Å². The zero-order chi connectivity index (χ0) is 15.3. The standard InChI is InChI=1S/C14H16F3NO2S/c15-14(16,17)10-4-5-11-12(8-10)21(19,20)13(9-18-11)6-2-1-3-7-13/h4-5,8,18H,1-3,6-7,9H2. The van der Waals surface area contributed by atoms with Crippen LogP contribution >= 0.6 is 0 Å². The number of nitrogens with one attached hydrogen (secondary N) is 1. The first-order valence-corrected chi connectivity index (χ1v) is 8.44. The summed E-state index contributed by atoms with van der Waals surface area (Å²) < 4.78 is 63.2. The van der Waals surface area contributed by atoms with E-state index in [1.54, 1.807) is 0 Å². The zero-order valence-electron chi connectivity index (χ0n) is 11.3. The summed E-state index contributed by atoms with van der Waals surface area (Å²) in [5, 5.41) is 3.01. The van der Waals surface area contributed by atoms with Crippen LogP contribution in [-0.4, -0.2) is 19.7 Å². The van der Waals surface area contributed by atoms with E-state index in [9.17, 15) is 21.6 Å². The maximum atomic E-state index is 12.9. The van der Waals surface area contributed by atoms with Gasteiger partial charge in [0.2, 0.25) is 0 Å². The second-order valence-corrected chi connectivity index (χ2v) is 8.12. The van der Waals surface area contributed by atoms with E-state index < -0.39 is 26.3 Å². The minimum absolute atomic E-state index is 0.203. The molecule has 1 aliphatic heterocycles. The third-order valence-corrected chi connectivity index (χ3v) is 7.14. The number of hydrogen-bond acceptors (Lipinski definition) is 3. The number of anilines is 1. The van der Waals surface area contributed by atoms with E-state index in [0.29, 0.717) is 12.8 Å². The molecule has 1 heterocycles. The van der Waals surface area contributed by atoms with Crippen LogP contribution in [0, 0.1) is 0 Å². The average molecular weight is 319 g/mol. The van der Waals surface area contributed by atoms with Crippen LogP contribution in [0.2, 0.25) is 0 Å². The number of halogens is 3. The van der Waals surface area contributed by atoms with E-state index in [4.69, 9.17) is 0 Å². The Morgan fingerprint density at radius 2 is 1.76 bits per heavy atom. The summed E-state index contributed by atoms with van der Waals surface area (Å²) in [4.78, 5) is -0.203. The highest BCUT2D eigenvalue weighted by Gasteiger charge is 2.49. The molecule has 1 aromatic rings. The molecule has 1 N–H and O–H groups in total. The van der Waals surface area contributed by atoms with Gasteiger partial charge in [0.05, 0.1) is 20.9 Å². The van der Waals surface area contributed by atoms with Crippen LogP contribution in [0.3, 0.4) is 0 Å². The van der Waals surface area contributed by atoms with E-state index in [-0.39, 0.29) is 17.1 Å². The van der Waals surface area contributed by atoms with Crippen molar-refractivity contribution in [2.45, 2.75) is 47.9 Å². The molecule has 0 atom stereocenters. The Labute approximate surface area is 121 Å². The quantitative estimate of drug-likeness (QED) is 0.794. The minimum Gasteiger partial charge on any atom is -0.382 e. The SMILES string of the molecule is O=S1(=O)c2cc(C(F)(F)F)ccc2NCC12CCCCC2. The lowest BCUT2D eigenvalue weighted by molar-refractivity contribution is -0.137. The van der Waals surface area contributed by atoms with E-state index in [0.717, 1.165) is 31.4 Å². The summed E-state index contributed by atoms with van der Waals surface area (Å²) in [6.07, 6.45) is -0.936. The first-order chi connectivity index (χ1) is 9.76. The Hall–Kier alpha value is -1.24. The van der Waals surface area contributed by atoms with Gasteiger partial charge in [-0.3, -0.25) is 0 Å². The summed E-state index contributed by atoms with van der Waals surface area (Å²) >= 11 is 0. The molecule has 0 radical (unpaired) electrons. The summed E-state index contributed by atoms with van der Waals surface area (Å²) in [7, 11) is -3.75. The number of hydrogen-bond donors (Lipinski definition) is 1. The van der Waals surface area contributed by atoms with Crippen LogP contribution in [-0.2, 0) is 16.0 Å². The van der Waals surface area contributed by atoms with Crippen molar-refractivity contribution < 1.29 is 21.6 Å². The van der Waals surface area contributed by atoms with Gasteiger partial charge >= 0.3 is 6.18 Å². The van der Waals surface area contributed by atoms with Gasteiger partial charge in [-0.1, -0.05) is 19.3 Å². The van der Waals surface area contributed by atoms with Crippen molar-refractivity contribution in [2.75, 3.05) is 11.9 Å². The van der Waals surface area contributed by atoms with Gasteiger partial charge in [0.25, 0.3) is 0 Å². The number of alkyl halides is 3. The molecule has 3 nitrogen and oxygen atoms in total. The molecule has 1 fully saturated rings. The molecule has 1 saturated carbocycles. The van der Waals surface area contributed by atoms with Gasteiger partial charge in [-0.2, -0.15) is 13.2 Å². The largest absolute Gasteiger partial charge is 0.416 e. The smallest absolute Gasteiger partial charge is 0.382 e. The van der Waals surface area contributed by atoms with Crippen molar-refractivity contribution >= 4 is 15.5 Å². The van der Waals surface area contributed by atoms with Crippen LogP contribution in [0.5, 0.6) is 0 Å². The van der Waals surface area contributed by atoms with E-state index in [1.807, 2.05) is 0 Å². The molecule has 3 rings (SSSR count). The predicted molar refractivity (Wildman–Crippen MR) is 72.9 cm³/mol. The fourth-order valence-corrected chi connectivity index (χ4v) is 5.56. The van der Waals surface area contributed by atoms with Crippen molar-refractivity contribution in [3.63, 3.8) is 0 Å². The zero-order valence-corrected chi connectivity index (χ0v) is 12.1. The molecule has 0 saturated heterocycles. The summed E-state index contributed by atoms with van der Waals surface area (Å²) in [6.45, 7) is 0.285. The van der Waals surface area contributed by atoms with E-state index in [2.05, 4.69) is 5.32 Å². The summed E-state index contributed by atoms with van der Waals surface area (Å²) in [5.41, 5.74) is -0.640. The number of rotatable bonds is 0. The maximum absolute atomic E-state index is 12.9. The Bertz CT molecular complexity index is 661. The molecule has 1 aromatic carbocycles. The average Bonchev–Trinajstić information content (AvgIpc) is 2.43. The highest BCUT2D eigenvalue weighted by Crippen LogP contribution is 2.45. The van der Waals surface area contributed by atoms with Crippen molar-refractivity contribution in [1.82, 2.24) is 0 Å². The maximum Gasteiger partial charge on any atom is 0.416 e. The third-order valence-electron chi connectivity index (χ3n) is 4.53. The van der Waals surface area contributed by atoms with Crippen LogP contribution in [0.25, 0.3) is 0 Å². The molecular formula is C14H16F3NO2S. The molecule has 7 heteroatoms. The lowest BCUT2D eigenvalue weighted by Gasteiger charge is -2.40. The monoisotopic (exact) mass is 319 g/mol. The molecule has 1 aliphatic carbocycles. The highest BCUT2D eigenvalue weighted by atomic mass is 32.2. The van der Waals surface area contributed by atoms with Crippen LogP contribution in [0.4, 0.5) is 18.9 Å². The van der Waals surface area contributed by atoms with Gasteiger partial charge in [-0.05, 0) is 31.0 Å². The Morgan fingerprint density at radius 1 is 1.10 bits per heavy atom. The molecule has 21 heavy (non-hydrogen) atoms. The lowest BCUT2D eigenvalue weighted by atomic mass is 9.88. The van der Waals surface area contributed by atoms with Gasteiger partial charge in [-0.25, -0.2) is 8.42 Å². The predicted octanol–water partition coefficient (Wildman–Crippen LogP) is 3.61. The molecule has 0 aromatic heterocycles. The van der Waals surface area contributed by atoms with Crippen molar-refractivity contribution in [3.05, 3.63) is 23.8 Å². The first kappa shape index (κ1) is 14.7. The van der Waals surface area contributed by atoms with Gasteiger partial charge in [-0.15, -0.1) is 0 Å². The number of sulfone groups is 1. The lowest BCUT2D eigenvalue weighted by Crippen LogP contribution is -2.49. The third kappa shape index (κ3) is 2.22.